The van der Waals surface area contributed by atoms with Crippen LogP contribution in [0.3, 0.4) is 0 Å². The predicted molar refractivity (Wildman–Crippen MR) is 220 cm³/mol. The number of nitrogens with two attached hydrogens (primary N) is 1. The Morgan fingerprint density at radius 1 is 0.758 bits per heavy atom. The molecule has 348 valence electrons. The van der Waals surface area contributed by atoms with Crippen LogP contribution in [0.5, 0.6) is 0 Å². The summed E-state index contributed by atoms with van der Waals surface area (Å²) in [5.41, 5.74) is 4.81. The van der Waals surface area contributed by atoms with Gasteiger partial charge in [-0.05, 0) is 12.8 Å². The summed E-state index contributed by atoms with van der Waals surface area (Å²) in [6, 6.07) is 0. The molecule has 0 radical (unpaired) electrons. The van der Waals surface area contributed by atoms with Crippen molar-refractivity contribution in [3.63, 3.8) is 0 Å². The van der Waals surface area contributed by atoms with Gasteiger partial charge in [0.25, 0.3) is 0 Å². The number of nitrogen functional groups attached to an aromatic ring is 1. The number of phosphoric acid groups is 2. The number of hydrogen-bond acceptors (Lipinski definition) is 17. The molecule has 1 aromatic rings. The zero-order chi connectivity index (χ0) is 44.2. The normalized spacial score (nSPS) is 18.9. The third-order valence-corrected chi connectivity index (χ3v) is 12.7. The number of hydrogen-bond donors (Lipinski definition) is 3. The van der Waals surface area contributed by atoms with Crippen LogP contribution in [0.15, 0.2) is 17.2 Å². The van der Waals surface area contributed by atoms with Gasteiger partial charge in [-0.15, -0.1) is 0 Å². The summed E-state index contributed by atoms with van der Waals surface area (Å²) < 4.78 is 56.6. The fourth-order valence-corrected chi connectivity index (χ4v) is 8.87. The number of anilines is 1. The molecule has 0 spiro atoms. The Labute approximate surface area is 453 Å². The molecule has 1 fully saturated rings. The molecular weight excluding hydrogens is 903 g/mol. The average molecular weight is 974 g/mol. The summed E-state index contributed by atoms with van der Waals surface area (Å²) >= 11 is 0. The molecule has 18 nitrogen and oxygen atoms in total. The number of unbranched alkanes of at least 4 members (excludes halogenated alkanes) is 20. The van der Waals surface area contributed by atoms with Gasteiger partial charge in [0.2, 0.25) is 0 Å². The number of carbonyl (C=O) groups is 2. The molecule has 0 amide bonds. The van der Waals surface area contributed by atoms with Crippen LogP contribution in [0.1, 0.15) is 174 Å². The molecule has 0 aliphatic carbocycles. The number of aliphatic hydroxyl groups is 2. The molecule has 1 aromatic heterocycles. The maximum Gasteiger partial charge on any atom is 1.00 e. The Balaban J connectivity index is 0.0000186. The molecule has 6 atom stereocenters. The zero-order valence-electron chi connectivity index (χ0n) is 37.7. The van der Waals surface area contributed by atoms with Crippen LogP contribution in [-0.2, 0) is 46.3 Å². The minimum Gasteiger partial charge on any atom is -0.789 e. The van der Waals surface area contributed by atoms with E-state index in [1.165, 1.54) is 77.0 Å². The van der Waals surface area contributed by atoms with Gasteiger partial charge in [0, 0.05) is 19.0 Å². The molecule has 6 unspecified atom stereocenters. The Morgan fingerprint density at radius 3 is 1.71 bits per heavy atom. The number of nitrogens with zero attached hydrogens (tertiary/aromatic N) is 2. The molecule has 2 heterocycles. The monoisotopic (exact) mass is 973 g/mol. The first-order valence-electron chi connectivity index (χ1n) is 22.0. The van der Waals surface area contributed by atoms with E-state index in [2.05, 4.69) is 23.1 Å². The summed E-state index contributed by atoms with van der Waals surface area (Å²) in [7, 11) is -11.4. The van der Waals surface area contributed by atoms with E-state index < -0.39 is 83.7 Å². The van der Waals surface area contributed by atoms with Gasteiger partial charge in [-0.25, -0.2) is 9.36 Å². The van der Waals surface area contributed by atoms with Crippen molar-refractivity contribution >= 4 is 33.3 Å². The van der Waals surface area contributed by atoms with Crippen LogP contribution in [0.4, 0.5) is 5.69 Å². The maximum absolute atomic E-state index is 13.5. The van der Waals surface area contributed by atoms with E-state index in [1.54, 1.807) is 0 Å². The van der Waals surface area contributed by atoms with Crippen molar-refractivity contribution in [3.05, 3.63) is 22.9 Å². The fourth-order valence-electron chi connectivity index (χ4n) is 6.76. The number of phosphoric ester groups is 1. The van der Waals surface area contributed by atoms with E-state index in [9.17, 15) is 43.5 Å². The number of aromatic nitrogens is 2. The SMILES string of the molecule is CCCCCCCCCCCCCC(=O)OCC(COP(=O)(OCC1OC(n2cc(N)cnc2=O)C(O)C1O)OP(=O)([O-])[O-])OC(=O)CCCCCCCCCCCCC.[K+].[K+]. The standard InChI is InChI=1S/C40H73N3O15P2.2K/c1-3-5-7-9-11-13-15-17-19-21-23-25-35(44)53-29-33(56-36(45)26-24-22-20-18-16-14-12-10-8-6-4-2)30-54-60(52,58-59(49,50)51)55-31-34-37(46)38(47)39(57-34)43-28-32(41)27-42-40(43)48;;/h27-28,33-34,37-39,46-47H,3-26,29-31,41H2,1-2H3,(H2,49,50,51);;/q;2*+1/p-2. The molecule has 0 saturated carbocycles. The third-order valence-electron chi connectivity index (χ3n) is 10.2. The van der Waals surface area contributed by atoms with Gasteiger partial charge in [-0.2, -0.15) is 4.98 Å². The summed E-state index contributed by atoms with van der Waals surface area (Å²) in [6.07, 6.45) is 18.1. The van der Waals surface area contributed by atoms with Gasteiger partial charge in [-0.1, -0.05) is 142 Å². The molecule has 0 aromatic carbocycles. The van der Waals surface area contributed by atoms with Crippen LogP contribution < -0.4 is 124 Å². The molecule has 1 saturated heterocycles. The number of esters is 2. The van der Waals surface area contributed by atoms with Gasteiger partial charge in [0.15, 0.2) is 12.3 Å². The van der Waals surface area contributed by atoms with Crippen LogP contribution in [0.25, 0.3) is 0 Å². The van der Waals surface area contributed by atoms with Crippen molar-refractivity contribution < 1.29 is 169 Å². The maximum atomic E-state index is 13.5. The molecular formula is C40H71K2N3O15P2. The number of ether oxygens (including phenoxy) is 3. The zero-order valence-corrected chi connectivity index (χ0v) is 45.7. The van der Waals surface area contributed by atoms with Crippen molar-refractivity contribution in [1.29, 1.82) is 0 Å². The summed E-state index contributed by atoms with van der Waals surface area (Å²) in [4.78, 5) is 64.5. The Morgan fingerprint density at radius 2 is 1.23 bits per heavy atom. The third kappa shape index (κ3) is 29.0. The predicted octanol–water partition coefficient (Wildman–Crippen LogP) is 0.297. The van der Waals surface area contributed by atoms with Crippen LogP contribution in [0, 0.1) is 0 Å². The molecule has 4 N–H and O–H groups in total. The Hall–Kier alpha value is 1.03. The van der Waals surface area contributed by atoms with E-state index in [0.29, 0.717) is 12.8 Å². The first-order valence-corrected chi connectivity index (χ1v) is 24.9. The quantitative estimate of drug-likeness (QED) is 0.0353. The Kier molecular flexibility index (Phi) is 37.6. The van der Waals surface area contributed by atoms with E-state index in [1.807, 2.05) is 0 Å². The molecule has 0 bridgehead atoms. The first-order chi connectivity index (χ1) is 28.7. The van der Waals surface area contributed by atoms with E-state index in [4.69, 9.17) is 29.0 Å². The number of aliphatic hydroxyl groups excluding tert-OH is 2. The summed E-state index contributed by atoms with van der Waals surface area (Å²) in [5, 5.41) is 21.1. The van der Waals surface area contributed by atoms with Crippen molar-refractivity contribution in [2.75, 3.05) is 25.6 Å². The minimum absolute atomic E-state index is 0. The van der Waals surface area contributed by atoms with E-state index in [0.717, 1.165) is 68.3 Å². The van der Waals surface area contributed by atoms with Gasteiger partial charge in [0.1, 0.15) is 24.9 Å². The van der Waals surface area contributed by atoms with E-state index >= 15 is 0 Å². The molecule has 62 heavy (non-hydrogen) atoms. The van der Waals surface area contributed by atoms with Crippen LogP contribution >= 0.6 is 15.6 Å². The van der Waals surface area contributed by atoms with Crippen molar-refractivity contribution in [2.24, 2.45) is 0 Å². The second-order valence-electron chi connectivity index (χ2n) is 15.6. The fraction of sp³-hybridized carbons (Fsp3) is 0.850. The van der Waals surface area contributed by atoms with Crippen molar-refractivity contribution in [1.82, 2.24) is 9.55 Å². The number of carbonyl (C=O) groups excluding carboxylic acids is 2. The van der Waals surface area contributed by atoms with Crippen molar-refractivity contribution in [3.8, 4) is 0 Å². The topological polar surface area (TPSA) is 271 Å². The molecule has 22 heteroatoms. The smallest absolute Gasteiger partial charge is 0.789 e. The first kappa shape index (κ1) is 63.0. The minimum atomic E-state index is -6.06. The summed E-state index contributed by atoms with van der Waals surface area (Å²) in [5.74, 6) is -1.25. The molecule has 2 rings (SSSR count). The largest absolute Gasteiger partial charge is 1.00 e. The summed E-state index contributed by atoms with van der Waals surface area (Å²) in [6.45, 7) is 1.96. The molecule has 1 aliphatic rings. The Bertz CT molecular complexity index is 1510. The van der Waals surface area contributed by atoms with Crippen LogP contribution in [0.2, 0.25) is 0 Å². The molecule has 1 aliphatic heterocycles. The van der Waals surface area contributed by atoms with Gasteiger partial charge < -0.3 is 44.5 Å². The van der Waals surface area contributed by atoms with Crippen molar-refractivity contribution in [2.45, 2.75) is 199 Å². The number of rotatable bonds is 36. The van der Waals surface area contributed by atoms with Gasteiger partial charge >= 0.3 is 128 Å². The van der Waals surface area contributed by atoms with Gasteiger partial charge in [-0.3, -0.25) is 27.5 Å². The second-order valence-corrected chi connectivity index (χ2v) is 18.5. The van der Waals surface area contributed by atoms with Gasteiger partial charge in [0.05, 0.1) is 32.9 Å². The van der Waals surface area contributed by atoms with E-state index in [-0.39, 0.29) is 121 Å². The second kappa shape index (κ2) is 37.0. The average Bonchev–Trinajstić information content (AvgIpc) is 3.48. The van der Waals surface area contributed by atoms with Crippen LogP contribution in [-0.4, -0.2) is 75.9 Å².